The third-order valence-corrected chi connectivity index (χ3v) is 14.0. The Morgan fingerprint density at radius 2 is 0.659 bits per heavy atom. The number of thiophene rings is 1. The Bertz CT molecular complexity index is 1660. The van der Waals surface area contributed by atoms with Crippen LogP contribution in [0.3, 0.4) is 0 Å². The lowest BCUT2D eigenvalue weighted by atomic mass is 10.1. The second-order valence-corrected chi connectivity index (χ2v) is 15.6. The molecule has 1 aromatic heterocycles. The number of fused-ring (bicyclic) bond motifs is 3. The highest BCUT2D eigenvalue weighted by Crippen LogP contribution is 2.46. The third-order valence-electron chi connectivity index (χ3n) is 7.62. The molecular weight excluding hydrogens is 550 g/mol. The van der Waals surface area contributed by atoms with E-state index >= 15 is 0 Å². The number of benzene rings is 6. The van der Waals surface area contributed by atoms with Crippen molar-refractivity contribution in [3.63, 3.8) is 0 Å². The summed E-state index contributed by atoms with van der Waals surface area (Å²) >= 11 is 2.00. The molecule has 41 heavy (non-hydrogen) atoms. The Morgan fingerprint density at radius 3 is 0.976 bits per heavy atom. The van der Waals surface area contributed by atoms with Gasteiger partial charge >= 0.3 is 0 Å². The summed E-state index contributed by atoms with van der Waals surface area (Å²) in [5.74, 6) is 0. The van der Waals surface area contributed by atoms with Gasteiger partial charge in [-0.05, 0) is 48.2 Å². The lowest BCUT2D eigenvalue weighted by molar-refractivity contribution is 1.46. The van der Waals surface area contributed by atoms with Crippen molar-refractivity contribution in [3.05, 3.63) is 169 Å². The van der Waals surface area contributed by atoms with Gasteiger partial charge in [0.05, 0.1) is 0 Å². The summed E-state index contributed by atoms with van der Waals surface area (Å²) in [7, 11) is -1.00. The normalized spacial score (nSPS) is 11.6. The van der Waals surface area contributed by atoms with Gasteiger partial charge < -0.3 is 0 Å². The minimum absolute atomic E-state index is 0.502. The SMILES string of the molecule is c1ccc(P(Cc2cccc3c2sc2c(CP(c4ccccc4)c4ccccc4)cccc23)c2ccccc2)cc1. The van der Waals surface area contributed by atoms with Crippen molar-refractivity contribution >= 4 is 68.6 Å². The maximum atomic E-state index is 2.36. The van der Waals surface area contributed by atoms with Gasteiger partial charge in [-0.15, -0.1) is 11.3 Å². The predicted octanol–water partition coefficient (Wildman–Crippen LogP) is 9.32. The third kappa shape index (κ3) is 5.51. The van der Waals surface area contributed by atoms with E-state index in [-0.39, 0.29) is 0 Å². The Morgan fingerprint density at radius 1 is 0.341 bits per heavy atom. The van der Waals surface area contributed by atoms with Gasteiger partial charge in [0.25, 0.3) is 0 Å². The van der Waals surface area contributed by atoms with Crippen LogP contribution < -0.4 is 21.2 Å². The van der Waals surface area contributed by atoms with E-state index in [2.05, 4.69) is 158 Å². The second-order valence-electron chi connectivity index (χ2n) is 10.2. The quantitative estimate of drug-likeness (QED) is 0.157. The van der Waals surface area contributed by atoms with Crippen molar-refractivity contribution in [2.45, 2.75) is 12.3 Å². The first-order valence-electron chi connectivity index (χ1n) is 14.0. The molecular formula is C38H30P2S. The van der Waals surface area contributed by atoms with Crippen LogP contribution in [0.25, 0.3) is 20.2 Å². The molecule has 0 radical (unpaired) electrons. The van der Waals surface area contributed by atoms with Crippen LogP contribution in [0.1, 0.15) is 11.1 Å². The average Bonchev–Trinajstić information content (AvgIpc) is 3.44. The van der Waals surface area contributed by atoms with Crippen LogP contribution in [0.15, 0.2) is 158 Å². The summed E-state index contributed by atoms with van der Waals surface area (Å²) in [5.41, 5.74) is 2.92. The minimum Gasteiger partial charge on any atom is -0.135 e. The summed E-state index contributed by atoms with van der Waals surface area (Å²) in [4.78, 5) is 0. The van der Waals surface area contributed by atoms with Crippen LogP contribution in [-0.2, 0) is 12.3 Å². The molecule has 0 fully saturated rings. The maximum absolute atomic E-state index is 2.36. The fourth-order valence-corrected chi connectivity index (χ4v) is 11.8. The predicted molar refractivity (Wildman–Crippen MR) is 185 cm³/mol. The van der Waals surface area contributed by atoms with Crippen molar-refractivity contribution in [3.8, 4) is 0 Å². The summed E-state index contributed by atoms with van der Waals surface area (Å²) in [6.07, 6.45) is 2.09. The second kappa shape index (κ2) is 12.1. The average molecular weight is 581 g/mol. The summed E-state index contributed by atoms with van der Waals surface area (Å²) in [5, 5.41) is 8.52. The number of hydrogen-bond donors (Lipinski definition) is 0. The molecule has 0 bridgehead atoms. The van der Waals surface area contributed by atoms with E-state index in [9.17, 15) is 0 Å². The maximum Gasteiger partial charge on any atom is 0.0391 e. The van der Waals surface area contributed by atoms with Gasteiger partial charge in [-0.2, -0.15) is 0 Å². The zero-order valence-corrected chi connectivity index (χ0v) is 25.3. The fourth-order valence-electron chi connectivity index (χ4n) is 5.62. The molecule has 7 rings (SSSR count). The molecule has 0 saturated heterocycles. The molecule has 3 heteroatoms. The summed E-state index contributed by atoms with van der Waals surface area (Å²) < 4.78 is 2.89. The Labute approximate surface area is 248 Å². The number of hydrogen-bond acceptors (Lipinski definition) is 1. The van der Waals surface area contributed by atoms with Crippen LogP contribution in [0.2, 0.25) is 0 Å². The van der Waals surface area contributed by atoms with Crippen molar-refractivity contribution in [1.82, 2.24) is 0 Å². The molecule has 0 spiro atoms. The molecule has 6 aromatic carbocycles. The lowest BCUT2D eigenvalue weighted by Crippen LogP contribution is -2.12. The largest absolute Gasteiger partial charge is 0.135 e. The molecule has 198 valence electrons. The molecule has 0 saturated carbocycles. The van der Waals surface area contributed by atoms with Crippen molar-refractivity contribution in [1.29, 1.82) is 0 Å². The topological polar surface area (TPSA) is 0 Å². The van der Waals surface area contributed by atoms with E-state index in [4.69, 9.17) is 0 Å². The van der Waals surface area contributed by atoms with Crippen molar-refractivity contribution in [2.75, 3.05) is 0 Å². The molecule has 7 aromatic rings. The van der Waals surface area contributed by atoms with Gasteiger partial charge in [0, 0.05) is 32.5 Å². The van der Waals surface area contributed by atoms with Gasteiger partial charge in [-0.25, -0.2) is 0 Å². The van der Waals surface area contributed by atoms with E-state index in [0.717, 1.165) is 12.3 Å². The smallest absolute Gasteiger partial charge is 0.0391 e. The van der Waals surface area contributed by atoms with Gasteiger partial charge in [-0.1, -0.05) is 158 Å². The van der Waals surface area contributed by atoms with E-state index in [0.29, 0.717) is 0 Å². The zero-order valence-electron chi connectivity index (χ0n) is 22.7. The van der Waals surface area contributed by atoms with Crippen LogP contribution in [0.5, 0.6) is 0 Å². The van der Waals surface area contributed by atoms with Crippen molar-refractivity contribution in [2.24, 2.45) is 0 Å². The molecule has 0 amide bonds. The number of rotatable bonds is 8. The first-order valence-corrected chi connectivity index (χ1v) is 17.9. The fraction of sp³-hybridized carbons (Fsp3) is 0.0526. The van der Waals surface area contributed by atoms with Gasteiger partial charge in [0.2, 0.25) is 0 Å². The standard InChI is InChI=1S/C38H30P2S/c1-5-17-31(18-6-1)39(32-19-7-2-8-20-32)27-29-15-13-25-35-36-26-14-16-30(38(36)41-37(29)35)28-40(33-21-9-3-10-22-33)34-23-11-4-12-24-34/h1-26H,27-28H2. The van der Waals surface area contributed by atoms with Crippen molar-refractivity contribution < 1.29 is 0 Å². The van der Waals surface area contributed by atoms with E-state index in [1.165, 1.54) is 52.5 Å². The highest BCUT2D eigenvalue weighted by molar-refractivity contribution is 7.72. The first-order chi connectivity index (χ1) is 20.3. The van der Waals surface area contributed by atoms with E-state index in [1.54, 1.807) is 0 Å². The van der Waals surface area contributed by atoms with E-state index in [1.807, 2.05) is 11.3 Å². The molecule has 0 aliphatic heterocycles. The minimum atomic E-state index is -0.502. The van der Waals surface area contributed by atoms with E-state index < -0.39 is 15.8 Å². The Hall–Kier alpha value is -3.60. The van der Waals surface area contributed by atoms with Gasteiger partial charge in [-0.3, -0.25) is 0 Å². The zero-order chi connectivity index (χ0) is 27.4. The molecule has 0 atom stereocenters. The first kappa shape index (κ1) is 26.3. The molecule has 0 nitrogen and oxygen atoms in total. The van der Waals surface area contributed by atoms with Gasteiger partial charge in [0.1, 0.15) is 0 Å². The summed E-state index contributed by atoms with van der Waals surface area (Å²) in [6, 6.07) is 58.2. The summed E-state index contributed by atoms with van der Waals surface area (Å²) in [6.45, 7) is 0. The van der Waals surface area contributed by atoms with Crippen LogP contribution in [-0.4, -0.2) is 0 Å². The van der Waals surface area contributed by atoms with Crippen LogP contribution in [0.4, 0.5) is 0 Å². The Kier molecular flexibility index (Phi) is 7.76. The molecule has 0 N–H and O–H groups in total. The molecule has 1 heterocycles. The Balaban J connectivity index is 1.32. The lowest BCUT2D eigenvalue weighted by Gasteiger charge is -2.19. The molecule has 0 unspecified atom stereocenters. The molecule has 0 aliphatic rings. The monoisotopic (exact) mass is 580 g/mol. The highest BCUT2D eigenvalue weighted by Gasteiger charge is 2.20. The molecule has 0 aliphatic carbocycles. The van der Waals surface area contributed by atoms with Crippen LogP contribution in [0, 0.1) is 0 Å². The highest BCUT2D eigenvalue weighted by atomic mass is 32.1. The van der Waals surface area contributed by atoms with Gasteiger partial charge in [0.15, 0.2) is 0 Å². The van der Waals surface area contributed by atoms with Crippen LogP contribution >= 0.6 is 27.2 Å².